The molecule has 1 fully saturated rings. The first-order valence-electron chi connectivity index (χ1n) is 6.92. The maximum absolute atomic E-state index is 12.2. The van der Waals surface area contributed by atoms with Crippen molar-refractivity contribution in [2.45, 2.75) is 39.2 Å². The Morgan fingerprint density at radius 1 is 1.24 bits per heavy atom. The molecule has 116 valence electrons. The van der Waals surface area contributed by atoms with E-state index in [4.69, 9.17) is 5.73 Å². The molecule has 0 aromatic heterocycles. The summed E-state index contributed by atoms with van der Waals surface area (Å²) in [6.45, 7) is 3.37. The first kappa shape index (κ1) is 17.5. The second-order valence-corrected chi connectivity index (χ2v) is 5.40. The van der Waals surface area contributed by atoms with E-state index in [2.05, 4.69) is 10.6 Å². The summed E-state index contributed by atoms with van der Waals surface area (Å²) in [5.41, 5.74) is 8.29. The zero-order valence-corrected chi connectivity index (χ0v) is 13.1. The topological polar surface area (TPSA) is 84.2 Å². The van der Waals surface area contributed by atoms with E-state index in [0.29, 0.717) is 11.4 Å². The Labute approximate surface area is 131 Å². The molecule has 1 aliphatic rings. The van der Waals surface area contributed by atoms with Gasteiger partial charge in [-0.15, -0.1) is 12.4 Å². The van der Waals surface area contributed by atoms with Crippen molar-refractivity contribution in [3.05, 3.63) is 23.8 Å². The predicted octanol–water partition coefficient (Wildman–Crippen LogP) is 2.44. The molecule has 0 spiro atoms. The van der Waals surface area contributed by atoms with E-state index in [0.717, 1.165) is 24.8 Å². The predicted molar refractivity (Wildman–Crippen MR) is 86.7 cm³/mol. The van der Waals surface area contributed by atoms with Crippen LogP contribution in [0.4, 0.5) is 11.4 Å². The molecule has 1 saturated carbocycles. The van der Waals surface area contributed by atoms with Crippen LogP contribution in [0.1, 0.15) is 31.7 Å². The Kier molecular flexibility index (Phi) is 6.18. The van der Waals surface area contributed by atoms with Crippen LogP contribution in [0, 0.1) is 12.8 Å². The highest BCUT2D eigenvalue weighted by Gasteiger charge is 2.30. The Morgan fingerprint density at radius 3 is 2.52 bits per heavy atom. The monoisotopic (exact) mass is 311 g/mol. The minimum absolute atomic E-state index is 0. The number of benzene rings is 1. The van der Waals surface area contributed by atoms with Crippen molar-refractivity contribution in [2.75, 3.05) is 10.6 Å². The lowest BCUT2D eigenvalue weighted by atomic mass is 10.0. The molecule has 6 heteroatoms. The van der Waals surface area contributed by atoms with Crippen molar-refractivity contribution >= 4 is 35.6 Å². The average molecular weight is 312 g/mol. The smallest absolute Gasteiger partial charge is 0.229 e. The van der Waals surface area contributed by atoms with Crippen LogP contribution in [-0.2, 0) is 9.59 Å². The second-order valence-electron chi connectivity index (χ2n) is 5.40. The van der Waals surface area contributed by atoms with Crippen molar-refractivity contribution < 1.29 is 9.59 Å². The van der Waals surface area contributed by atoms with E-state index >= 15 is 0 Å². The molecule has 0 aliphatic heterocycles. The third-order valence-electron chi connectivity index (χ3n) is 3.72. The van der Waals surface area contributed by atoms with Crippen LogP contribution >= 0.6 is 12.4 Å². The van der Waals surface area contributed by atoms with Gasteiger partial charge in [-0.3, -0.25) is 9.59 Å². The number of carbonyl (C=O) groups excluding carboxylic acids is 2. The van der Waals surface area contributed by atoms with Crippen LogP contribution in [0.3, 0.4) is 0 Å². The fourth-order valence-electron chi connectivity index (χ4n) is 2.57. The fraction of sp³-hybridized carbons (Fsp3) is 0.467. The number of anilines is 2. The number of nitrogens with one attached hydrogen (secondary N) is 2. The molecule has 0 radical (unpaired) electrons. The van der Waals surface area contributed by atoms with Gasteiger partial charge in [-0.1, -0.05) is 12.5 Å². The van der Waals surface area contributed by atoms with Crippen molar-refractivity contribution in [3.8, 4) is 0 Å². The molecule has 0 saturated heterocycles. The highest BCUT2D eigenvalue weighted by atomic mass is 35.5. The first-order chi connectivity index (χ1) is 9.47. The molecule has 1 aromatic carbocycles. The molecule has 1 aliphatic carbocycles. The number of carbonyl (C=O) groups is 2. The highest BCUT2D eigenvalue weighted by molar-refractivity contribution is 5.95. The van der Waals surface area contributed by atoms with Crippen molar-refractivity contribution in [1.82, 2.24) is 0 Å². The van der Waals surface area contributed by atoms with Gasteiger partial charge in [-0.2, -0.15) is 0 Å². The molecule has 2 atom stereocenters. The summed E-state index contributed by atoms with van der Waals surface area (Å²) in [5, 5.41) is 5.63. The summed E-state index contributed by atoms with van der Waals surface area (Å²) in [7, 11) is 0. The van der Waals surface area contributed by atoms with Crippen LogP contribution in [0.25, 0.3) is 0 Å². The number of amides is 2. The lowest BCUT2D eigenvalue weighted by molar-refractivity contribution is -0.120. The summed E-state index contributed by atoms with van der Waals surface area (Å²) < 4.78 is 0. The molecule has 2 rings (SSSR count). The Hall–Kier alpha value is -1.59. The second kappa shape index (κ2) is 7.43. The quantitative estimate of drug-likeness (QED) is 0.801. The molecule has 4 N–H and O–H groups in total. The van der Waals surface area contributed by atoms with E-state index in [1.807, 2.05) is 19.1 Å². The zero-order valence-electron chi connectivity index (χ0n) is 12.3. The van der Waals surface area contributed by atoms with Crippen LogP contribution in [0.5, 0.6) is 0 Å². The van der Waals surface area contributed by atoms with Gasteiger partial charge in [0, 0.05) is 24.3 Å². The van der Waals surface area contributed by atoms with Crippen molar-refractivity contribution in [2.24, 2.45) is 11.7 Å². The van der Waals surface area contributed by atoms with E-state index < -0.39 is 0 Å². The molecule has 0 heterocycles. The lowest BCUT2D eigenvalue weighted by Crippen LogP contribution is -2.34. The maximum Gasteiger partial charge on any atom is 0.229 e. The Bertz CT molecular complexity index is 534. The van der Waals surface area contributed by atoms with Gasteiger partial charge in [0.2, 0.25) is 11.8 Å². The Morgan fingerprint density at radius 2 is 1.95 bits per heavy atom. The average Bonchev–Trinajstić information content (AvgIpc) is 2.79. The fourth-order valence-corrected chi connectivity index (χ4v) is 2.57. The van der Waals surface area contributed by atoms with Gasteiger partial charge in [0.15, 0.2) is 0 Å². The number of aryl methyl sites for hydroxylation is 1. The largest absolute Gasteiger partial charge is 0.327 e. The molecule has 2 amide bonds. The highest BCUT2D eigenvalue weighted by Crippen LogP contribution is 2.26. The number of nitrogens with two attached hydrogens (primary N) is 1. The van der Waals surface area contributed by atoms with Crippen LogP contribution in [-0.4, -0.2) is 17.9 Å². The van der Waals surface area contributed by atoms with Gasteiger partial charge in [-0.25, -0.2) is 0 Å². The summed E-state index contributed by atoms with van der Waals surface area (Å²) in [4.78, 5) is 23.3. The number of halogens is 1. The molecule has 2 unspecified atom stereocenters. The minimum atomic E-state index is -0.130. The molecule has 0 bridgehead atoms. The van der Waals surface area contributed by atoms with E-state index in [-0.39, 0.29) is 36.2 Å². The molecule has 5 nitrogen and oxygen atoms in total. The Balaban J connectivity index is 0.00000220. The maximum atomic E-state index is 12.2. The van der Waals surface area contributed by atoms with Gasteiger partial charge in [0.1, 0.15) is 0 Å². The number of hydrogen-bond donors (Lipinski definition) is 3. The van der Waals surface area contributed by atoms with Crippen LogP contribution < -0.4 is 16.4 Å². The zero-order chi connectivity index (χ0) is 14.7. The first-order valence-corrected chi connectivity index (χ1v) is 6.92. The van der Waals surface area contributed by atoms with E-state index in [1.165, 1.54) is 6.92 Å². The van der Waals surface area contributed by atoms with Gasteiger partial charge >= 0.3 is 0 Å². The van der Waals surface area contributed by atoms with Gasteiger partial charge in [0.05, 0.1) is 5.92 Å². The summed E-state index contributed by atoms with van der Waals surface area (Å²) >= 11 is 0. The van der Waals surface area contributed by atoms with Gasteiger partial charge < -0.3 is 16.4 Å². The summed E-state index contributed by atoms with van der Waals surface area (Å²) in [5.74, 6) is -0.275. The summed E-state index contributed by atoms with van der Waals surface area (Å²) in [6, 6.07) is 5.43. The van der Waals surface area contributed by atoms with E-state index in [1.54, 1.807) is 6.07 Å². The standard InChI is InChI=1S/C15H21N3O2.ClH/c1-9-6-7-11(8-14(9)17-10(2)19)18-15(20)12-4-3-5-13(12)16;/h6-8,12-13H,3-5,16H2,1-2H3,(H,17,19)(H,18,20);1H. The SMILES string of the molecule is CC(=O)Nc1cc(NC(=O)C2CCCC2N)ccc1C.Cl. The molecular weight excluding hydrogens is 290 g/mol. The molecule has 21 heavy (non-hydrogen) atoms. The number of rotatable bonds is 3. The minimum Gasteiger partial charge on any atom is -0.327 e. The van der Waals surface area contributed by atoms with Crippen LogP contribution in [0.2, 0.25) is 0 Å². The normalized spacial score (nSPS) is 20.5. The van der Waals surface area contributed by atoms with Gasteiger partial charge in [0.25, 0.3) is 0 Å². The van der Waals surface area contributed by atoms with Crippen LogP contribution in [0.15, 0.2) is 18.2 Å². The van der Waals surface area contributed by atoms with Crippen molar-refractivity contribution in [1.29, 1.82) is 0 Å². The summed E-state index contributed by atoms with van der Waals surface area (Å²) in [6.07, 6.45) is 2.75. The van der Waals surface area contributed by atoms with Gasteiger partial charge in [-0.05, 0) is 37.5 Å². The number of hydrogen-bond acceptors (Lipinski definition) is 3. The molecule has 1 aromatic rings. The third kappa shape index (κ3) is 4.44. The van der Waals surface area contributed by atoms with E-state index in [9.17, 15) is 9.59 Å². The van der Waals surface area contributed by atoms with Crippen molar-refractivity contribution in [3.63, 3.8) is 0 Å². The lowest BCUT2D eigenvalue weighted by Gasteiger charge is -2.16. The third-order valence-corrected chi connectivity index (χ3v) is 3.72. The molecular formula is C15H22ClN3O2.